The Morgan fingerprint density at radius 1 is 1.00 bits per heavy atom. The highest BCUT2D eigenvalue weighted by Gasteiger charge is 2.28. The van der Waals surface area contributed by atoms with Crippen LogP contribution >= 0.6 is 11.3 Å². The molecule has 0 radical (unpaired) electrons. The predicted octanol–water partition coefficient (Wildman–Crippen LogP) is 5.78. The molecule has 0 bridgehead atoms. The van der Waals surface area contributed by atoms with Crippen molar-refractivity contribution in [2.24, 2.45) is 0 Å². The number of anilines is 1. The molecule has 1 N–H and O–H groups in total. The Bertz CT molecular complexity index is 1440. The van der Waals surface area contributed by atoms with E-state index in [0.29, 0.717) is 33.5 Å². The van der Waals surface area contributed by atoms with Gasteiger partial charge in [-0.25, -0.2) is 14.6 Å². The monoisotopic (exact) mass is 492 g/mol. The van der Waals surface area contributed by atoms with Crippen molar-refractivity contribution in [3.05, 3.63) is 69.8 Å². The zero-order chi connectivity index (χ0) is 25.1. The average molecular weight is 493 g/mol. The zero-order valence-corrected chi connectivity index (χ0v) is 20.6. The summed E-state index contributed by atoms with van der Waals surface area (Å²) in [5.74, 6) is -0.397. The lowest BCUT2D eigenvalue weighted by molar-refractivity contribution is 0.0527. The molecule has 0 aliphatic rings. The molecule has 0 aliphatic carbocycles. The third-order valence-corrected chi connectivity index (χ3v) is 6.46. The number of fused-ring (bicyclic) bond motifs is 1. The lowest BCUT2D eigenvalue weighted by Crippen LogP contribution is -2.15. The van der Waals surface area contributed by atoms with Crippen molar-refractivity contribution < 1.29 is 28.3 Å². The van der Waals surface area contributed by atoms with Crippen LogP contribution in [0.15, 0.2) is 46.9 Å². The summed E-state index contributed by atoms with van der Waals surface area (Å²) in [7, 11) is 0. The molecular formula is C26H24N2O6S. The zero-order valence-electron chi connectivity index (χ0n) is 19.8. The van der Waals surface area contributed by atoms with Crippen LogP contribution < -0.4 is 5.32 Å². The molecule has 0 spiro atoms. The SMILES string of the molecule is CCOC(=O)c1sc(NC(=O)c2cc(-c3ccc(C)o3)nc3ccccc23)c(C(=O)OCC)c1C. The van der Waals surface area contributed by atoms with Crippen LogP contribution in [0.5, 0.6) is 0 Å². The van der Waals surface area contributed by atoms with Crippen LogP contribution in [0.4, 0.5) is 5.00 Å². The molecule has 8 nitrogen and oxygen atoms in total. The van der Waals surface area contributed by atoms with E-state index in [9.17, 15) is 14.4 Å². The van der Waals surface area contributed by atoms with E-state index in [0.717, 1.165) is 17.1 Å². The molecule has 0 saturated heterocycles. The van der Waals surface area contributed by atoms with Gasteiger partial charge in [-0.05, 0) is 57.5 Å². The summed E-state index contributed by atoms with van der Waals surface area (Å²) >= 11 is 0.979. The summed E-state index contributed by atoms with van der Waals surface area (Å²) in [5.41, 5.74) is 1.99. The number of furan rings is 1. The van der Waals surface area contributed by atoms with Gasteiger partial charge in [-0.1, -0.05) is 18.2 Å². The first-order chi connectivity index (χ1) is 16.8. The van der Waals surface area contributed by atoms with E-state index < -0.39 is 17.8 Å². The van der Waals surface area contributed by atoms with Gasteiger partial charge >= 0.3 is 11.9 Å². The number of hydrogen-bond donors (Lipinski definition) is 1. The first-order valence-electron chi connectivity index (χ1n) is 11.1. The summed E-state index contributed by atoms with van der Waals surface area (Å²) in [6.07, 6.45) is 0. The molecule has 4 rings (SSSR count). The number of benzene rings is 1. The summed E-state index contributed by atoms with van der Waals surface area (Å²) < 4.78 is 16.0. The first-order valence-corrected chi connectivity index (χ1v) is 11.9. The van der Waals surface area contributed by atoms with Crippen LogP contribution in [0.25, 0.3) is 22.4 Å². The van der Waals surface area contributed by atoms with Crippen molar-refractivity contribution in [1.29, 1.82) is 0 Å². The van der Waals surface area contributed by atoms with E-state index in [-0.39, 0.29) is 28.7 Å². The van der Waals surface area contributed by atoms with Gasteiger partial charge in [0.25, 0.3) is 5.91 Å². The number of amides is 1. The summed E-state index contributed by atoms with van der Waals surface area (Å²) in [4.78, 5) is 43.6. The molecule has 0 atom stereocenters. The average Bonchev–Trinajstić information content (AvgIpc) is 3.41. The largest absolute Gasteiger partial charge is 0.462 e. The van der Waals surface area contributed by atoms with E-state index in [1.807, 2.05) is 31.2 Å². The fraction of sp³-hybridized carbons (Fsp3) is 0.231. The Kier molecular flexibility index (Phi) is 6.97. The summed E-state index contributed by atoms with van der Waals surface area (Å²) in [6.45, 7) is 7.18. The maximum atomic E-state index is 13.5. The number of pyridine rings is 1. The van der Waals surface area contributed by atoms with Crippen molar-refractivity contribution in [2.45, 2.75) is 27.7 Å². The number of aryl methyl sites for hydroxylation is 1. The molecule has 4 aromatic rings. The number of ether oxygens (including phenoxy) is 2. The number of rotatable bonds is 7. The van der Waals surface area contributed by atoms with Crippen molar-refractivity contribution in [1.82, 2.24) is 4.98 Å². The van der Waals surface area contributed by atoms with Crippen molar-refractivity contribution in [2.75, 3.05) is 18.5 Å². The lowest BCUT2D eigenvalue weighted by Gasteiger charge is -2.10. The van der Waals surface area contributed by atoms with Crippen LogP contribution in [-0.4, -0.2) is 36.0 Å². The quantitative estimate of drug-likeness (QED) is 0.326. The molecule has 1 amide bonds. The molecule has 0 saturated carbocycles. The van der Waals surface area contributed by atoms with Gasteiger partial charge in [-0.15, -0.1) is 11.3 Å². The van der Waals surface area contributed by atoms with E-state index >= 15 is 0 Å². The molecule has 1 aromatic carbocycles. The van der Waals surface area contributed by atoms with E-state index in [1.165, 1.54) is 0 Å². The predicted molar refractivity (Wildman–Crippen MR) is 133 cm³/mol. The molecule has 0 fully saturated rings. The normalized spacial score (nSPS) is 10.9. The summed E-state index contributed by atoms with van der Waals surface area (Å²) in [6, 6.07) is 12.5. The highest BCUT2D eigenvalue weighted by atomic mass is 32.1. The lowest BCUT2D eigenvalue weighted by atomic mass is 10.1. The topological polar surface area (TPSA) is 108 Å². The van der Waals surface area contributed by atoms with Gasteiger partial charge in [0.1, 0.15) is 21.3 Å². The van der Waals surface area contributed by atoms with Crippen molar-refractivity contribution in [3.63, 3.8) is 0 Å². The number of nitrogens with one attached hydrogen (secondary N) is 1. The number of nitrogens with zero attached hydrogens (tertiary/aromatic N) is 1. The summed E-state index contributed by atoms with van der Waals surface area (Å²) in [5, 5.41) is 3.66. The van der Waals surface area contributed by atoms with Gasteiger partial charge in [0.05, 0.1) is 29.9 Å². The van der Waals surface area contributed by atoms with Crippen LogP contribution in [-0.2, 0) is 9.47 Å². The molecule has 3 aromatic heterocycles. The molecular weight excluding hydrogens is 468 g/mol. The molecule has 180 valence electrons. The van der Waals surface area contributed by atoms with Crippen molar-refractivity contribution >= 4 is 45.1 Å². The Labute approximate surface area is 205 Å². The van der Waals surface area contributed by atoms with Gasteiger partial charge in [0, 0.05) is 5.39 Å². The number of hydrogen-bond acceptors (Lipinski definition) is 8. The van der Waals surface area contributed by atoms with E-state index in [1.54, 1.807) is 39.0 Å². The maximum absolute atomic E-state index is 13.5. The molecule has 0 aliphatic heterocycles. The van der Waals surface area contributed by atoms with Gasteiger partial charge in [0.15, 0.2) is 5.76 Å². The minimum absolute atomic E-state index is 0.133. The van der Waals surface area contributed by atoms with Gasteiger partial charge in [-0.3, -0.25) is 4.79 Å². The minimum Gasteiger partial charge on any atom is -0.462 e. The fourth-order valence-corrected chi connectivity index (χ4v) is 4.76. The van der Waals surface area contributed by atoms with E-state index in [4.69, 9.17) is 13.9 Å². The standard InChI is InChI=1S/C26H24N2O6S/c1-5-32-25(30)21-15(4)22(26(31)33-6-2)35-24(21)28-23(29)17-13-19(20-12-11-14(3)34-20)27-18-10-8-7-9-16(17)18/h7-13H,5-6H2,1-4H3,(H,28,29). The number of carbonyl (C=O) groups is 3. The number of para-hydroxylation sites is 1. The molecule has 35 heavy (non-hydrogen) atoms. The maximum Gasteiger partial charge on any atom is 0.348 e. The van der Waals surface area contributed by atoms with Crippen LogP contribution in [0.1, 0.15) is 55.6 Å². The van der Waals surface area contributed by atoms with Crippen molar-refractivity contribution in [3.8, 4) is 11.5 Å². The highest BCUT2D eigenvalue weighted by molar-refractivity contribution is 7.18. The first kappa shape index (κ1) is 24.2. The molecule has 0 unspecified atom stereocenters. The van der Waals surface area contributed by atoms with Crippen LogP contribution in [0, 0.1) is 13.8 Å². The van der Waals surface area contributed by atoms with Gasteiger partial charge in [0.2, 0.25) is 0 Å². The third kappa shape index (κ3) is 4.81. The molecule has 9 heteroatoms. The van der Waals surface area contributed by atoms with Crippen LogP contribution in [0.2, 0.25) is 0 Å². The van der Waals surface area contributed by atoms with Crippen LogP contribution in [0.3, 0.4) is 0 Å². The minimum atomic E-state index is -0.626. The highest BCUT2D eigenvalue weighted by Crippen LogP contribution is 2.35. The third-order valence-electron chi connectivity index (χ3n) is 5.27. The number of thiophene rings is 1. The van der Waals surface area contributed by atoms with Gasteiger partial charge in [-0.2, -0.15) is 0 Å². The number of esters is 2. The second kappa shape index (κ2) is 10.1. The Hall–Kier alpha value is -3.98. The Balaban J connectivity index is 1.79. The number of carbonyl (C=O) groups excluding carboxylic acids is 3. The van der Waals surface area contributed by atoms with Gasteiger partial charge < -0.3 is 19.2 Å². The Morgan fingerprint density at radius 3 is 2.40 bits per heavy atom. The number of aromatic nitrogens is 1. The fourth-order valence-electron chi connectivity index (χ4n) is 3.67. The van der Waals surface area contributed by atoms with E-state index in [2.05, 4.69) is 10.3 Å². The second-order valence-electron chi connectivity index (χ2n) is 7.64. The smallest absolute Gasteiger partial charge is 0.348 e. The Morgan fingerprint density at radius 2 is 1.71 bits per heavy atom. The second-order valence-corrected chi connectivity index (χ2v) is 8.66. The molecule has 3 heterocycles.